The Bertz CT molecular complexity index is 1230. The molecule has 0 aliphatic carbocycles. The third kappa shape index (κ3) is 4.40. The molecule has 0 radical (unpaired) electrons. The summed E-state index contributed by atoms with van der Waals surface area (Å²) < 4.78 is 6.87. The van der Waals surface area contributed by atoms with Crippen molar-refractivity contribution >= 4 is 34.7 Å². The number of nitrogens with zero attached hydrogens (tertiary/aromatic N) is 6. The van der Waals surface area contributed by atoms with Crippen molar-refractivity contribution in [3.8, 4) is 0 Å². The predicted molar refractivity (Wildman–Crippen MR) is 113 cm³/mol. The van der Waals surface area contributed by atoms with E-state index in [0.717, 1.165) is 17.8 Å². The first kappa shape index (κ1) is 20.5. The van der Waals surface area contributed by atoms with Gasteiger partial charge in [0.15, 0.2) is 5.01 Å². The summed E-state index contributed by atoms with van der Waals surface area (Å²) in [5.41, 5.74) is 2.81. The number of esters is 1. The monoisotopic (exact) mass is 437 g/mol. The third-order valence-corrected chi connectivity index (χ3v) is 5.46. The minimum absolute atomic E-state index is 0.104. The van der Waals surface area contributed by atoms with Crippen molar-refractivity contribution < 1.29 is 14.3 Å². The Labute approximate surface area is 181 Å². The number of aryl methyl sites for hydroxylation is 2. The molecule has 31 heavy (non-hydrogen) atoms. The number of fused-ring (bicyclic) bond motifs is 1. The van der Waals surface area contributed by atoms with Crippen molar-refractivity contribution in [1.29, 1.82) is 0 Å². The summed E-state index contributed by atoms with van der Waals surface area (Å²) in [4.78, 5) is 33.1. The quantitative estimate of drug-likeness (QED) is 0.438. The summed E-state index contributed by atoms with van der Waals surface area (Å²) in [6, 6.07) is 7.59. The number of carbonyl (C=O) groups excluding carboxylic acids is 2. The van der Waals surface area contributed by atoms with Gasteiger partial charge in [-0.25, -0.2) is 14.3 Å². The van der Waals surface area contributed by atoms with E-state index in [4.69, 9.17) is 4.74 Å². The summed E-state index contributed by atoms with van der Waals surface area (Å²) in [5, 5.41) is 15.3. The van der Waals surface area contributed by atoms with E-state index in [-0.39, 0.29) is 17.5 Å². The fourth-order valence-electron chi connectivity index (χ4n) is 2.95. The summed E-state index contributed by atoms with van der Waals surface area (Å²) in [7, 11) is 0. The fourth-order valence-corrected chi connectivity index (χ4v) is 3.60. The lowest BCUT2D eigenvalue weighted by Crippen LogP contribution is -2.13. The molecule has 1 aromatic carbocycles. The van der Waals surface area contributed by atoms with Crippen molar-refractivity contribution in [2.24, 2.45) is 0 Å². The van der Waals surface area contributed by atoms with Gasteiger partial charge in [0.25, 0.3) is 11.7 Å². The Balaban J connectivity index is 1.40. The number of carbonyl (C=O) groups is 2. The predicted octanol–water partition coefficient (Wildman–Crippen LogP) is 2.71. The summed E-state index contributed by atoms with van der Waals surface area (Å²) in [6.45, 7) is 3.86. The number of aromatic nitrogens is 6. The van der Waals surface area contributed by atoms with Crippen molar-refractivity contribution in [2.75, 3.05) is 5.32 Å². The van der Waals surface area contributed by atoms with E-state index < -0.39 is 5.97 Å². The maximum Gasteiger partial charge on any atom is 0.342 e. The molecule has 11 heteroatoms. The number of anilines is 1. The number of ether oxygens (including phenoxy) is 1. The summed E-state index contributed by atoms with van der Waals surface area (Å²) in [6.07, 6.45) is 4.28. The van der Waals surface area contributed by atoms with Gasteiger partial charge in [0.05, 0.1) is 11.3 Å². The van der Waals surface area contributed by atoms with Crippen LogP contribution in [0.4, 0.5) is 5.69 Å². The molecule has 0 atom stereocenters. The Hall–Kier alpha value is -3.73. The van der Waals surface area contributed by atoms with Gasteiger partial charge in [-0.3, -0.25) is 4.79 Å². The summed E-state index contributed by atoms with van der Waals surface area (Å²) in [5.74, 6) is -0.509. The summed E-state index contributed by atoms with van der Waals surface area (Å²) >= 11 is 1.06. The van der Waals surface area contributed by atoms with Gasteiger partial charge in [0.2, 0.25) is 5.01 Å². The van der Waals surface area contributed by atoms with Crippen LogP contribution in [-0.4, -0.2) is 41.7 Å². The van der Waals surface area contributed by atoms with Crippen molar-refractivity contribution in [3.05, 3.63) is 63.6 Å². The van der Waals surface area contributed by atoms with E-state index in [1.54, 1.807) is 0 Å². The zero-order valence-corrected chi connectivity index (χ0v) is 17.7. The van der Waals surface area contributed by atoms with Crippen LogP contribution in [-0.2, 0) is 24.2 Å². The van der Waals surface area contributed by atoms with Gasteiger partial charge < -0.3 is 10.1 Å². The average molecular weight is 437 g/mol. The molecule has 10 nitrogen and oxygen atoms in total. The molecular weight excluding hydrogens is 418 g/mol. The molecule has 0 saturated heterocycles. The standard InChI is InChI=1S/C20H19N7O3S/c1-3-12-5-7-13(8-6-12)24-17(28)18-26-25-16(31-18)10-30-19(29)14-9-21-20-22-11-23-27(20)15(14)4-2/h5-9,11H,3-4,10H2,1-2H3,(H,24,28). The van der Waals surface area contributed by atoms with Gasteiger partial charge in [-0.2, -0.15) is 10.1 Å². The second kappa shape index (κ2) is 8.96. The SMILES string of the molecule is CCc1ccc(NC(=O)c2nnc(COC(=O)c3cnc4ncnn4c3CC)s2)cc1. The normalized spacial score (nSPS) is 10.9. The van der Waals surface area contributed by atoms with Crippen LogP contribution in [0.2, 0.25) is 0 Å². The number of benzene rings is 1. The van der Waals surface area contributed by atoms with Crippen LogP contribution in [0.25, 0.3) is 5.78 Å². The van der Waals surface area contributed by atoms with Gasteiger partial charge in [-0.15, -0.1) is 10.2 Å². The van der Waals surface area contributed by atoms with E-state index in [1.807, 2.05) is 31.2 Å². The van der Waals surface area contributed by atoms with E-state index in [1.165, 1.54) is 22.6 Å². The zero-order valence-electron chi connectivity index (χ0n) is 16.9. The van der Waals surface area contributed by atoms with Gasteiger partial charge in [-0.1, -0.05) is 37.3 Å². The highest BCUT2D eigenvalue weighted by Gasteiger charge is 2.19. The molecule has 1 amide bonds. The fraction of sp³-hybridized carbons (Fsp3) is 0.250. The van der Waals surface area contributed by atoms with Crippen LogP contribution in [0.1, 0.15) is 50.3 Å². The topological polar surface area (TPSA) is 124 Å². The lowest BCUT2D eigenvalue weighted by atomic mass is 10.1. The highest BCUT2D eigenvalue weighted by atomic mass is 32.1. The van der Waals surface area contributed by atoms with Gasteiger partial charge in [0.1, 0.15) is 12.9 Å². The molecule has 4 rings (SSSR count). The molecule has 3 aromatic heterocycles. The van der Waals surface area contributed by atoms with Crippen LogP contribution < -0.4 is 5.32 Å². The Morgan fingerprint density at radius 3 is 2.65 bits per heavy atom. The molecule has 158 valence electrons. The van der Waals surface area contributed by atoms with Crippen LogP contribution in [0.15, 0.2) is 36.8 Å². The molecule has 0 saturated carbocycles. The second-order valence-corrected chi connectivity index (χ2v) is 7.59. The Morgan fingerprint density at radius 2 is 1.90 bits per heavy atom. The van der Waals surface area contributed by atoms with Gasteiger partial charge >= 0.3 is 5.97 Å². The van der Waals surface area contributed by atoms with Crippen LogP contribution in [0.3, 0.4) is 0 Å². The van der Waals surface area contributed by atoms with Gasteiger partial charge in [-0.05, 0) is 30.5 Å². The van der Waals surface area contributed by atoms with Gasteiger partial charge in [0, 0.05) is 11.9 Å². The molecule has 1 N–H and O–H groups in total. The van der Waals surface area contributed by atoms with Crippen LogP contribution in [0, 0.1) is 0 Å². The highest BCUT2D eigenvalue weighted by molar-refractivity contribution is 7.13. The molecule has 0 bridgehead atoms. The van der Waals surface area contributed by atoms with Crippen molar-refractivity contribution in [1.82, 2.24) is 29.8 Å². The number of rotatable bonds is 7. The smallest absolute Gasteiger partial charge is 0.342 e. The molecule has 4 aromatic rings. The molecule has 0 spiro atoms. The molecule has 0 aliphatic heterocycles. The minimum Gasteiger partial charge on any atom is -0.455 e. The lowest BCUT2D eigenvalue weighted by molar-refractivity contribution is 0.0469. The molecule has 3 heterocycles. The van der Waals surface area contributed by atoms with E-state index in [0.29, 0.717) is 34.2 Å². The molecule has 0 unspecified atom stereocenters. The maximum atomic E-state index is 12.6. The van der Waals surface area contributed by atoms with Crippen molar-refractivity contribution in [3.63, 3.8) is 0 Å². The third-order valence-electron chi connectivity index (χ3n) is 4.57. The lowest BCUT2D eigenvalue weighted by Gasteiger charge is -2.08. The largest absolute Gasteiger partial charge is 0.455 e. The Kier molecular flexibility index (Phi) is 5.94. The van der Waals surface area contributed by atoms with E-state index in [9.17, 15) is 9.59 Å². The first-order chi connectivity index (χ1) is 15.1. The Morgan fingerprint density at radius 1 is 1.10 bits per heavy atom. The molecular formula is C20H19N7O3S. The van der Waals surface area contributed by atoms with Crippen LogP contribution >= 0.6 is 11.3 Å². The highest BCUT2D eigenvalue weighted by Crippen LogP contribution is 2.17. The van der Waals surface area contributed by atoms with Crippen molar-refractivity contribution in [2.45, 2.75) is 33.3 Å². The zero-order chi connectivity index (χ0) is 21.8. The molecule has 0 fully saturated rings. The van der Waals surface area contributed by atoms with Crippen LogP contribution in [0.5, 0.6) is 0 Å². The number of nitrogens with one attached hydrogen (secondary N) is 1. The number of amides is 1. The van der Waals surface area contributed by atoms with E-state index in [2.05, 4.69) is 37.5 Å². The second-order valence-electron chi connectivity index (χ2n) is 6.53. The average Bonchev–Trinajstić information content (AvgIpc) is 3.47. The molecule has 0 aliphatic rings. The first-order valence-corrected chi connectivity index (χ1v) is 10.5. The number of hydrogen-bond acceptors (Lipinski definition) is 9. The minimum atomic E-state index is -0.557. The number of hydrogen-bond donors (Lipinski definition) is 1. The van der Waals surface area contributed by atoms with E-state index >= 15 is 0 Å². The first-order valence-electron chi connectivity index (χ1n) is 9.66. The maximum absolute atomic E-state index is 12.6.